The minimum atomic E-state index is 0.00508. The summed E-state index contributed by atoms with van der Waals surface area (Å²) in [6, 6.07) is 16.3. The number of ether oxygens (including phenoxy) is 1. The maximum absolute atomic E-state index is 13.3. The number of fused-ring (bicyclic) bond motifs is 1. The molecule has 2 aromatic carbocycles. The summed E-state index contributed by atoms with van der Waals surface area (Å²) in [7, 11) is 0. The standard InChI is InChI=1S/C30H39N3O3S/c1-30(2,3)23-16-14-22(15-17-23)21-37-29-32-26-12-7-6-11-25(26)28(35)33(29)18-8-4-5-13-27(34)31-20-24-10-9-19-36-24/h6-7,11-12,14-17,24H,4-5,8-10,13,18-21H2,1-3H3,(H,31,34). The van der Waals surface area contributed by atoms with Crippen molar-refractivity contribution in [3.8, 4) is 0 Å². The molecule has 1 saturated heterocycles. The minimum absolute atomic E-state index is 0.00508. The molecule has 1 aromatic heterocycles. The van der Waals surface area contributed by atoms with Gasteiger partial charge in [0.25, 0.3) is 5.56 Å². The van der Waals surface area contributed by atoms with Crippen LogP contribution in [0.25, 0.3) is 10.9 Å². The molecule has 7 heteroatoms. The van der Waals surface area contributed by atoms with Gasteiger partial charge in [0, 0.05) is 31.9 Å². The molecule has 1 N–H and O–H groups in total. The van der Waals surface area contributed by atoms with Crippen LogP contribution in [0.1, 0.15) is 70.4 Å². The molecule has 0 saturated carbocycles. The number of nitrogens with one attached hydrogen (secondary N) is 1. The summed E-state index contributed by atoms with van der Waals surface area (Å²) in [4.78, 5) is 30.3. The summed E-state index contributed by atoms with van der Waals surface area (Å²) in [6.45, 7) is 8.65. The Bertz CT molecular complexity index is 1240. The van der Waals surface area contributed by atoms with Gasteiger partial charge in [0.2, 0.25) is 5.91 Å². The van der Waals surface area contributed by atoms with E-state index in [4.69, 9.17) is 9.72 Å². The third kappa shape index (κ3) is 7.68. The van der Waals surface area contributed by atoms with Crippen LogP contribution in [0.5, 0.6) is 0 Å². The van der Waals surface area contributed by atoms with Gasteiger partial charge in [-0.3, -0.25) is 14.2 Å². The molecule has 0 spiro atoms. The first-order valence-corrected chi connectivity index (χ1v) is 14.4. The Morgan fingerprint density at radius 1 is 1.11 bits per heavy atom. The number of carbonyl (C=O) groups excluding carboxylic acids is 1. The smallest absolute Gasteiger partial charge is 0.262 e. The van der Waals surface area contributed by atoms with Crippen molar-refractivity contribution in [1.29, 1.82) is 0 Å². The molecular formula is C30H39N3O3S. The second kappa shape index (κ2) is 12.7. The number of rotatable bonds is 11. The van der Waals surface area contributed by atoms with Crippen molar-refractivity contribution in [1.82, 2.24) is 14.9 Å². The monoisotopic (exact) mass is 521 g/mol. The van der Waals surface area contributed by atoms with E-state index in [0.717, 1.165) is 55.1 Å². The molecule has 37 heavy (non-hydrogen) atoms. The van der Waals surface area contributed by atoms with Gasteiger partial charge in [-0.25, -0.2) is 4.98 Å². The largest absolute Gasteiger partial charge is 0.376 e. The van der Waals surface area contributed by atoms with E-state index >= 15 is 0 Å². The molecule has 1 amide bonds. The third-order valence-electron chi connectivity index (χ3n) is 6.85. The predicted molar refractivity (Wildman–Crippen MR) is 151 cm³/mol. The zero-order chi connectivity index (χ0) is 26.3. The maximum Gasteiger partial charge on any atom is 0.262 e. The van der Waals surface area contributed by atoms with Crippen LogP contribution in [-0.4, -0.2) is 34.7 Å². The zero-order valence-corrected chi connectivity index (χ0v) is 23.1. The summed E-state index contributed by atoms with van der Waals surface area (Å²) in [5.74, 6) is 0.828. The molecule has 198 valence electrons. The number of nitrogens with zero attached hydrogens (tertiary/aromatic N) is 2. The van der Waals surface area contributed by atoms with Gasteiger partial charge in [-0.05, 0) is 54.4 Å². The zero-order valence-electron chi connectivity index (χ0n) is 22.3. The average molecular weight is 522 g/mol. The fraction of sp³-hybridized carbons (Fsp3) is 0.500. The van der Waals surface area contributed by atoms with Gasteiger partial charge in [-0.2, -0.15) is 0 Å². The number of thioether (sulfide) groups is 1. The SMILES string of the molecule is CC(C)(C)c1ccc(CSc2nc3ccccc3c(=O)n2CCCCCC(=O)NCC2CCCO2)cc1. The van der Waals surface area contributed by atoms with E-state index in [-0.39, 0.29) is 23.0 Å². The van der Waals surface area contributed by atoms with E-state index in [1.54, 1.807) is 11.8 Å². The molecule has 6 nitrogen and oxygen atoms in total. The second-order valence-corrected chi connectivity index (χ2v) is 11.8. The first kappa shape index (κ1) is 27.4. The van der Waals surface area contributed by atoms with Crippen molar-refractivity contribution >= 4 is 28.6 Å². The Morgan fingerprint density at radius 2 is 1.89 bits per heavy atom. The number of unbranched alkanes of at least 4 members (excludes halogenated alkanes) is 2. The Balaban J connectivity index is 1.35. The Kier molecular flexibility index (Phi) is 9.43. The van der Waals surface area contributed by atoms with Crippen LogP contribution in [0.3, 0.4) is 0 Å². The first-order valence-electron chi connectivity index (χ1n) is 13.4. The van der Waals surface area contributed by atoms with Gasteiger partial charge < -0.3 is 10.1 Å². The molecule has 0 aliphatic carbocycles. The molecule has 0 bridgehead atoms. The fourth-order valence-electron chi connectivity index (χ4n) is 4.56. The lowest BCUT2D eigenvalue weighted by Crippen LogP contribution is -2.31. The number of carbonyl (C=O) groups is 1. The van der Waals surface area contributed by atoms with Gasteiger partial charge >= 0.3 is 0 Å². The number of hydrogen-bond donors (Lipinski definition) is 1. The molecule has 3 aromatic rings. The molecule has 1 atom stereocenters. The highest BCUT2D eigenvalue weighted by Gasteiger charge is 2.16. The molecule has 1 fully saturated rings. The van der Waals surface area contributed by atoms with Gasteiger partial charge in [0.1, 0.15) is 0 Å². The van der Waals surface area contributed by atoms with E-state index in [9.17, 15) is 9.59 Å². The molecule has 2 heterocycles. The van der Waals surface area contributed by atoms with Crippen LogP contribution < -0.4 is 10.9 Å². The van der Waals surface area contributed by atoms with Crippen LogP contribution in [-0.2, 0) is 27.2 Å². The van der Waals surface area contributed by atoms with Crippen molar-refractivity contribution in [2.75, 3.05) is 13.2 Å². The van der Waals surface area contributed by atoms with Crippen molar-refractivity contribution in [3.63, 3.8) is 0 Å². The van der Waals surface area contributed by atoms with Crippen LogP contribution in [0.4, 0.5) is 0 Å². The Morgan fingerprint density at radius 3 is 2.62 bits per heavy atom. The fourth-order valence-corrected chi connectivity index (χ4v) is 5.54. The predicted octanol–water partition coefficient (Wildman–Crippen LogP) is 5.84. The summed E-state index contributed by atoms with van der Waals surface area (Å²) >= 11 is 1.61. The lowest BCUT2D eigenvalue weighted by atomic mass is 9.87. The van der Waals surface area contributed by atoms with E-state index in [0.29, 0.717) is 24.9 Å². The van der Waals surface area contributed by atoms with Crippen LogP contribution in [0.15, 0.2) is 58.5 Å². The number of benzene rings is 2. The summed E-state index contributed by atoms with van der Waals surface area (Å²) in [6.07, 6.45) is 5.28. The van der Waals surface area contributed by atoms with Crippen molar-refractivity contribution < 1.29 is 9.53 Å². The Hall–Kier alpha value is -2.64. The molecule has 4 rings (SSSR count). The molecule has 1 aliphatic heterocycles. The van der Waals surface area contributed by atoms with E-state index in [1.165, 1.54) is 11.1 Å². The molecule has 0 radical (unpaired) electrons. The number of amides is 1. The first-order chi connectivity index (χ1) is 17.8. The maximum atomic E-state index is 13.3. The van der Waals surface area contributed by atoms with Crippen LogP contribution in [0, 0.1) is 0 Å². The summed E-state index contributed by atoms with van der Waals surface area (Å²) in [5.41, 5.74) is 3.38. The van der Waals surface area contributed by atoms with E-state index < -0.39 is 0 Å². The van der Waals surface area contributed by atoms with Gasteiger partial charge in [0.05, 0.1) is 17.0 Å². The van der Waals surface area contributed by atoms with E-state index in [1.807, 2.05) is 28.8 Å². The lowest BCUT2D eigenvalue weighted by Gasteiger charge is -2.19. The van der Waals surface area contributed by atoms with Gasteiger partial charge in [-0.1, -0.05) is 75.4 Å². The van der Waals surface area contributed by atoms with Gasteiger partial charge in [-0.15, -0.1) is 0 Å². The average Bonchev–Trinajstić information content (AvgIpc) is 3.41. The highest BCUT2D eigenvalue weighted by Crippen LogP contribution is 2.26. The number of para-hydroxylation sites is 1. The Labute approximate surface area is 224 Å². The summed E-state index contributed by atoms with van der Waals surface area (Å²) < 4.78 is 7.37. The van der Waals surface area contributed by atoms with Crippen molar-refractivity contribution in [2.45, 2.75) is 88.3 Å². The van der Waals surface area contributed by atoms with Crippen molar-refractivity contribution in [2.24, 2.45) is 0 Å². The normalized spacial score (nSPS) is 15.8. The quantitative estimate of drug-likeness (QED) is 0.195. The molecular weight excluding hydrogens is 482 g/mol. The highest BCUT2D eigenvalue weighted by atomic mass is 32.2. The number of aromatic nitrogens is 2. The second-order valence-electron chi connectivity index (χ2n) is 10.9. The molecule has 1 unspecified atom stereocenters. The highest BCUT2D eigenvalue weighted by molar-refractivity contribution is 7.98. The van der Waals surface area contributed by atoms with Crippen molar-refractivity contribution in [3.05, 3.63) is 70.0 Å². The number of hydrogen-bond acceptors (Lipinski definition) is 5. The molecule has 1 aliphatic rings. The van der Waals surface area contributed by atoms with Crippen LogP contribution in [0.2, 0.25) is 0 Å². The lowest BCUT2D eigenvalue weighted by molar-refractivity contribution is -0.121. The third-order valence-corrected chi connectivity index (χ3v) is 7.90. The van der Waals surface area contributed by atoms with Gasteiger partial charge in [0.15, 0.2) is 5.16 Å². The van der Waals surface area contributed by atoms with Crippen LogP contribution >= 0.6 is 11.8 Å². The topological polar surface area (TPSA) is 73.2 Å². The van der Waals surface area contributed by atoms with E-state index in [2.05, 4.69) is 50.4 Å². The summed E-state index contributed by atoms with van der Waals surface area (Å²) in [5, 5.41) is 4.38. The minimum Gasteiger partial charge on any atom is -0.376 e.